The van der Waals surface area contributed by atoms with E-state index in [0.29, 0.717) is 31.0 Å². The molecule has 5 heteroatoms. The summed E-state index contributed by atoms with van der Waals surface area (Å²) in [7, 11) is -0.926. The van der Waals surface area contributed by atoms with Crippen molar-refractivity contribution in [3.05, 3.63) is 71.3 Å². The van der Waals surface area contributed by atoms with E-state index in [0.717, 1.165) is 17.5 Å². The van der Waals surface area contributed by atoms with Crippen LogP contribution in [0.2, 0.25) is 0 Å². The van der Waals surface area contributed by atoms with Gasteiger partial charge in [0.2, 0.25) is 0 Å². The molecule has 1 unspecified atom stereocenters. The lowest BCUT2D eigenvalue weighted by atomic mass is 10.1. The monoisotopic (exact) mass is 344 g/mol. The second-order valence-electron chi connectivity index (χ2n) is 5.77. The zero-order chi connectivity index (χ0) is 17.4. The highest BCUT2D eigenvalue weighted by Gasteiger charge is 2.16. The van der Waals surface area contributed by atoms with E-state index in [4.69, 9.17) is 5.73 Å². The van der Waals surface area contributed by atoms with Gasteiger partial charge in [-0.05, 0) is 36.2 Å². The van der Waals surface area contributed by atoms with Crippen LogP contribution in [-0.2, 0) is 23.1 Å². The normalized spacial score (nSPS) is 11.9. The largest absolute Gasteiger partial charge is 0.334 e. The van der Waals surface area contributed by atoms with Crippen LogP contribution in [0.15, 0.2) is 54.6 Å². The Balaban J connectivity index is 2.18. The summed E-state index contributed by atoms with van der Waals surface area (Å²) in [5.74, 6) is 0.443. The van der Waals surface area contributed by atoms with Gasteiger partial charge in [0.15, 0.2) is 0 Å². The maximum absolute atomic E-state index is 12.9. The van der Waals surface area contributed by atoms with Gasteiger partial charge in [-0.2, -0.15) is 0 Å². The first-order chi connectivity index (χ1) is 11.6. The van der Waals surface area contributed by atoms with E-state index < -0.39 is 10.8 Å². The standard InChI is InChI=1S/C19H24N2O2S/c1-24(23)15-17-9-5-10-18(13-17)19(22)21(12-6-11-20)14-16-7-3-2-4-8-16/h2-5,7-10,13H,6,11-12,14-15,20H2,1H3. The zero-order valence-electron chi connectivity index (χ0n) is 14.0. The summed E-state index contributed by atoms with van der Waals surface area (Å²) < 4.78 is 11.4. The molecule has 1 amide bonds. The Morgan fingerprint density at radius 2 is 1.79 bits per heavy atom. The van der Waals surface area contributed by atoms with E-state index >= 15 is 0 Å². The fourth-order valence-electron chi connectivity index (χ4n) is 2.55. The third kappa shape index (κ3) is 5.58. The molecule has 0 saturated heterocycles. The van der Waals surface area contributed by atoms with Crippen molar-refractivity contribution in [3.8, 4) is 0 Å². The Morgan fingerprint density at radius 3 is 2.46 bits per heavy atom. The summed E-state index contributed by atoms with van der Waals surface area (Å²) >= 11 is 0. The highest BCUT2D eigenvalue weighted by molar-refractivity contribution is 7.83. The van der Waals surface area contributed by atoms with Crippen molar-refractivity contribution in [1.29, 1.82) is 0 Å². The second kappa shape index (κ2) is 9.35. The van der Waals surface area contributed by atoms with Crippen LogP contribution in [0.3, 0.4) is 0 Å². The molecule has 0 aliphatic rings. The summed E-state index contributed by atoms with van der Waals surface area (Å²) in [5.41, 5.74) is 8.25. The lowest BCUT2D eigenvalue weighted by molar-refractivity contribution is 0.0742. The molecule has 4 nitrogen and oxygen atoms in total. The molecule has 0 bridgehead atoms. The molecule has 0 heterocycles. The molecule has 0 radical (unpaired) electrons. The minimum atomic E-state index is -0.926. The number of hydrogen-bond donors (Lipinski definition) is 1. The summed E-state index contributed by atoms with van der Waals surface area (Å²) in [6.45, 7) is 1.73. The molecule has 0 aliphatic carbocycles. The maximum Gasteiger partial charge on any atom is 0.254 e. The van der Waals surface area contributed by atoms with Crippen molar-refractivity contribution in [2.75, 3.05) is 19.3 Å². The lowest BCUT2D eigenvalue weighted by Gasteiger charge is -2.23. The van der Waals surface area contributed by atoms with Crippen LogP contribution < -0.4 is 5.73 Å². The molecule has 0 fully saturated rings. The highest BCUT2D eigenvalue weighted by atomic mass is 32.2. The Hall–Kier alpha value is -1.98. The predicted molar refractivity (Wildman–Crippen MR) is 99.1 cm³/mol. The van der Waals surface area contributed by atoms with E-state index in [1.54, 1.807) is 6.26 Å². The highest BCUT2D eigenvalue weighted by Crippen LogP contribution is 2.13. The van der Waals surface area contributed by atoms with Gasteiger partial charge in [-0.15, -0.1) is 0 Å². The van der Waals surface area contributed by atoms with Crippen LogP contribution in [0.25, 0.3) is 0 Å². The molecule has 128 valence electrons. The number of nitrogens with two attached hydrogens (primary N) is 1. The van der Waals surface area contributed by atoms with Crippen molar-refractivity contribution in [1.82, 2.24) is 4.90 Å². The Kier molecular flexibility index (Phi) is 7.15. The van der Waals surface area contributed by atoms with E-state index in [2.05, 4.69) is 0 Å². The molecule has 0 aliphatic heterocycles. The molecular weight excluding hydrogens is 320 g/mol. The fraction of sp³-hybridized carbons (Fsp3) is 0.316. The molecule has 2 aromatic rings. The molecular formula is C19H24N2O2S. The molecule has 1 atom stereocenters. The molecule has 2 aromatic carbocycles. The number of carbonyl (C=O) groups is 1. The molecule has 0 spiro atoms. The Bertz CT molecular complexity index is 689. The van der Waals surface area contributed by atoms with Gasteiger partial charge in [-0.1, -0.05) is 42.5 Å². The van der Waals surface area contributed by atoms with Crippen molar-refractivity contribution < 1.29 is 9.00 Å². The van der Waals surface area contributed by atoms with Crippen molar-refractivity contribution in [2.24, 2.45) is 5.73 Å². The van der Waals surface area contributed by atoms with Crippen molar-refractivity contribution >= 4 is 16.7 Å². The number of rotatable bonds is 8. The average molecular weight is 344 g/mol. The molecule has 2 N–H and O–H groups in total. The fourth-order valence-corrected chi connectivity index (χ4v) is 3.20. The Morgan fingerprint density at radius 1 is 1.08 bits per heavy atom. The van der Waals surface area contributed by atoms with E-state index in [1.807, 2.05) is 59.5 Å². The van der Waals surface area contributed by atoms with Gasteiger partial charge in [0, 0.05) is 41.5 Å². The van der Waals surface area contributed by atoms with Gasteiger partial charge >= 0.3 is 0 Å². The van der Waals surface area contributed by atoms with E-state index in [-0.39, 0.29) is 5.91 Å². The van der Waals surface area contributed by atoms with Gasteiger partial charge in [-0.25, -0.2) is 0 Å². The third-order valence-corrected chi connectivity index (χ3v) is 4.42. The summed E-state index contributed by atoms with van der Waals surface area (Å²) in [6.07, 6.45) is 2.43. The summed E-state index contributed by atoms with van der Waals surface area (Å²) in [5, 5.41) is 0. The van der Waals surface area contributed by atoms with Gasteiger partial charge in [0.05, 0.1) is 0 Å². The van der Waals surface area contributed by atoms with Crippen LogP contribution in [0.4, 0.5) is 0 Å². The molecule has 24 heavy (non-hydrogen) atoms. The van der Waals surface area contributed by atoms with Crippen LogP contribution in [0.5, 0.6) is 0 Å². The quantitative estimate of drug-likeness (QED) is 0.800. The van der Waals surface area contributed by atoms with Gasteiger partial charge in [0.1, 0.15) is 0 Å². The smallest absolute Gasteiger partial charge is 0.254 e. The van der Waals surface area contributed by atoms with E-state index in [9.17, 15) is 9.00 Å². The third-order valence-electron chi connectivity index (χ3n) is 3.68. The minimum Gasteiger partial charge on any atom is -0.334 e. The number of amides is 1. The first-order valence-corrected chi connectivity index (χ1v) is 9.75. The predicted octanol–water partition coefficient (Wildman–Crippen LogP) is 2.56. The average Bonchev–Trinajstić information content (AvgIpc) is 2.58. The van der Waals surface area contributed by atoms with Crippen LogP contribution >= 0.6 is 0 Å². The number of hydrogen-bond acceptors (Lipinski definition) is 3. The number of carbonyl (C=O) groups excluding carboxylic acids is 1. The summed E-state index contributed by atoms with van der Waals surface area (Å²) in [6, 6.07) is 17.3. The summed E-state index contributed by atoms with van der Waals surface area (Å²) in [4.78, 5) is 14.7. The Labute approximate surface area is 146 Å². The van der Waals surface area contributed by atoms with Crippen LogP contribution in [0, 0.1) is 0 Å². The van der Waals surface area contributed by atoms with Crippen LogP contribution in [-0.4, -0.2) is 34.4 Å². The number of nitrogens with zero attached hydrogens (tertiary/aromatic N) is 1. The maximum atomic E-state index is 12.9. The van der Waals surface area contributed by atoms with Gasteiger partial charge in [-0.3, -0.25) is 9.00 Å². The molecule has 0 saturated carbocycles. The van der Waals surface area contributed by atoms with Crippen molar-refractivity contribution in [3.63, 3.8) is 0 Å². The topological polar surface area (TPSA) is 63.4 Å². The van der Waals surface area contributed by atoms with E-state index in [1.165, 1.54) is 0 Å². The first-order valence-electron chi connectivity index (χ1n) is 8.02. The molecule has 0 aromatic heterocycles. The SMILES string of the molecule is CS(=O)Cc1cccc(C(=O)N(CCCN)Cc2ccccc2)c1. The zero-order valence-corrected chi connectivity index (χ0v) is 14.8. The minimum absolute atomic E-state index is 0.0176. The van der Waals surface area contributed by atoms with Gasteiger partial charge < -0.3 is 10.6 Å². The van der Waals surface area contributed by atoms with Gasteiger partial charge in [0.25, 0.3) is 5.91 Å². The second-order valence-corrected chi connectivity index (χ2v) is 7.21. The van der Waals surface area contributed by atoms with Crippen LogP contribution in [0.1, 0.15) is 27.9 Å². The lowest BCUT2D eigenvalue weighted by Crippen LogP contribution is -2.32. The van der Waals surface area contributed by atoms with Crippen molar-refractivity contribution in [2.45, 2.75) is 18.7 Å². The molecule has 2 rings (SSSR count). The first kappa shape index (κ1) is 18.4. The number of benzene rings is 2.